The van der Waals surface area contributed by atoms with E-state index in [0.29, 0.717) is 18.5 Å². The minimum Gasteiger partial charge on any atom is -0.393 e. The molecule has 0 aliphatic rings. The number of aliphatic hydroxyl groups excluding tert-OH is 14. The van der Waals surface area contributed by atoms with E-state index in [1.165, 1.54) is 38.2 Å². The van der Waals surface area contributed by atoms with E-state index in [9.17, 15) is 89.3 Å². The van der Waals surface area contributed by atoms with Gasteiger partial charge in [-0.1, -0.05) is 161 Å². The second kappa shape index (κ2) is 48.0. The lowest BCUT2D eigenvalue weighted by atomic mass is 9.88. The fourth-order valence-electron chi connectivity index (χ4n) is 8.61. The summed E-state index contributed by atoms with van der Waals surface area (Å²) in [4.78, 5) is 15.0. The highest BCUT2D eigenvalue weighted by atomic mass is 32.3. The zero-order valence-electron chi connectivity index (χ0n) is 51.1. The van der Waals surface area contributed by atoms with Crippen LogP contribution in [-0.2, 0) is 19.4 Å². The van der Waals surface area contributed by atoms with Crippen molar-refractivity contribution in [3.63, 3.8) is 0 Å². The van der Waals surface area contributed by atoms with Crippen LogP contribution in [0.3, 0.4) is 0 Å². The van der Waals surface area contributed by atoms with Crippen LogP contribution in [0, 0.1) is 17.8 Å². The Labute approximate surface area is 515 Å². The van der Waals surface area contributed by atoms with Gasteiger partial charge in [-0.2, -0.15) is 8.42 Å². The van der Waals surface area contributed by atoms with Crippen LogP contribution in [0.2, 0.25) is 0 Å². The Hall–Kier alpha value is -4.87. The van der Waals surface area contributed by atoms with Gasteiger partial charge in [-0.15, -0.1) is 0 Å². The van der Waals surface area contributed by atoms with Gasteiger partial charge in [0.05, 0.1) is 85.5 Å². The number of nitrogens with zero attached hydrogens (tertiary/aromatic N) is 1. The first-order valence-electron chi connectivity index (χ1n) is 29.7. The van der Waals surface area contributed by atoms with E-state index in [2.05, 4.69) is 4.99 Å². The molecule has 0 radical (unpaired) electrons. The number of allylic oxidation sites excluding steroid dienone is 17. The number of rotatable bonds is 48. The van der Waals surface area contributed by atoms with Crippen LogP contribution in [0.5, 0.6) is 0 Å². The smallest absolute Gasteiger partial charge is 0.393 e. The summed E-state index contributed by atoms with van der Waals surface area (Å²) in [6.07, 6.45) is 21.5. The summed E-state index contributed by atoms with van der Waals surface area (Å²) in [6.45, 7) is 8.75. The van der Waals surface area contributed by atoms with E-state index in [1.807, 2.05) is 43.4 Å². The molecule has 496 valence electrons. The molecule has 0 fully saturated rings. The number of ketones is 1. The van der Waals surface area contributed by atoms with Crippen molar-refractivity contribution in [2.45, 2.75) is 216 Å². The Kier molecular flexibility index (Phi) is 45.4. The second-order valence-corrected chi connectivity index (χ2v) is 23.2. The summed E-state index contributed by atoms with van der Waals surface area (Å²) in [5.41, 5.74) is 11.2. The minimum atomic E-state index is -4.93. The molecule has 0 rings (SSSR count). The number of hydrogen-bond donors (Lipinski definition) is 17. The van der Waals surface area contributed by atoms with E-state index in [0.717, 1.165) is 12.8 Å². The Balaban J connectivity index is 4.83. The van der Waals surface area contributed by atoms with Gasteiger partial charge in [0.1, 0.15) is 6.10 Å². The van der Waals surface area contributed by atoms with Gasteiger partial charge in [-0.25, -0.2) is 4.18 Å². The highest BCUT2D eigenvalue weighted by molar-refractivity contribution is 7.80. The average molecular weight is 1250 g/mol. The maximum atomic E-state index is 11.7. The number of Topliss-reactive ketones (excluding diaryl/α,β-unsaturated/α-hetero) is 1. The van der Waals surface area contributed by atoms with Gasteiger partial charge in [-0.3, -0.25) is 14.3 Å². The van der Waals surface area contributed by atoms with Crippen molar-refractivity contribution < 1.29 is 93.4 Å². The third-order valence-electron chi connectivity index (χ3n) is 14.0. The molecule has 19 N–H and O–H groups in total. The molecular weight excluding hydrogens is 1150 g/mol. The number of hydrogen-bond acceptors (Lipinski definition) is 19. The third kappa shape index (κ3) is 44.3. The Morgan fingerprint density at radius 2 is 0.943 bits per heavy atom. The van der Waals surface area contributed by atoms with Crippen molar-refractivity contribution in [3.05, 3.63) is 145 Å². The predicted octanol–water partition coefficient (Wildman–Crippen LogP) is 3.52. The molecule has 18 atom stereocenters. The molecule has 18 unspecified atom stereocenters. The molecule has 0 amide bonds. The first-order chi connectivity index (χ1) is 40.9. The van der Waals surface area contributed by atoms with E-state index >= 15 is 0 Å². The number of aliphatic hydroxyl groups is 14. The molecule has 0 spiro atoms. The average Bonchev–Trinajstić information content (AvgIpc) is 3.63. The Morgan fingerprint density at radius 1 is 0.483 bits per heavy atom. The van der Waals surface area contributed by atoms with Gasteiger partial charge in [0.2, 0.25) is 0 Å². The van der Waals surface area contributed by atoms with Crippen molar-refractivity contribution >= 4 is 22.1 Å². The lowest BCUT2D eigenvalue weighted by Crippen LogP contribution is -2.41. The molecule has 0 aliphatic carbocycles. The van der Waals surface area contributed by atoms with Gasteiger partial charge in [0, 0.05) is 50.0 Å². The first kappa shape index (κ1) is 82.1. The number of nitrogens with two attached hydrogens (primary N) is 2. The maximum absolute atomic E-state index is 11.7. The van der Waals surface area contributed by atoms with Crippen molar-refractivity contribution in [2.75, 3.05) is 6.54 Å². The number of carbonyl (C=O) groups excluding carboxylic acids is 1. The molecule has 0 aromatic rings. The molecule has 0 aromatic carbocycles. The highest BCUT2D eigenvalue weighted by Crippen LogP contribution is 2.24. The van der Waals surface area contributed by atoms with Crippen molar-refractivity contribution in [3.8, 4) is 0 Å². The zero-order chi connectivity index (χ0) is 65.9. The van der Waals surface area contributed by atoms with Crippen molar-refractivity contribution in [1.29, 1.82) is 0 Å². The fourth-order valence-corrected chi connectivity index (χ4v) is 9.17. The summed E-state index contributed by atoms with van der Waals surface area (Å²) in [5, 5.41) is 146. The van der Waals surface area contributed by atoms with Crippen LogP contribution in [0.1, 0.15) is 125 Å². The minimum absolute atomic E-state index is 0.0138. The lowest BCUT2D eigenvalue weighted by Gasteiger charge is -2.27. The van der Waals surface area contributed by atoms with Crippen molar-refractivity contribution in [1.82, 2.24) is 0 Å². The molecule has 0 saturated heterocycles. The summed E-state index contributed by atoms with van der Waals surface area (Å²) in [6, 6.07) is 0. The summed E-state index contributed by atoms with van der Waals surface area (Å²) in [7, 11) is -4.93. The SMILES string of the molecule is CC(=O)/C(C)=C/C=C/C=C/CC/C=C/C(C)C(O)C(C)C(O)/C=C/C=C/C=C/C=C/C=C/C=C/CC(OS(=O)(=O)O)C(C)C(O)CC(O)CC(O)/C=C/CC(O)CC(O)CC(O)/C=C/CC(O)CC(O)C(O)C(O)CC(O)CC(O)CCCN=C(N)N. The van der Waals surface area contributed by atoms with Crippen LogP contribution in [0.4, 0.5) is 0 Å². The van der Waals surface area contributed by atoms with Crippen LogP contribution < -0.4 is 11.5 Å². The molecule has 0 heterocycles. The number of guanidine groups is 1. The largest absolute Gasteiger partial charge is 0.397 e. The van der Waals surface area contributed by atoms with E-state index in [1.54, 1.807) is 92.8 Å². The van der Waals surface area contributed by atoms with Gasteiger partial charge in [-0.05, 0) is 83.6 Å². The second-order valence-electron chi connectivity index (χ2n) is 22.1. The molecule has 0 bridgehead atoms. The number of aliphatic imine (C=N–C) groups is 1. The van der Waals surface area contributed by atoms with Crippen molar-refractivity contribution in [2.24, 2.45) is 34.2 Å². The quantitative estimate of drug-likeness (QED) is 0.00788. The number of carbonyl (C=O) groups is 1. The fraction of sp³-hybridized carbons (Fsp3) is 0.594. The molecular formula is C64H105N3O19S. The van der Waals surface area contributed by atoms with E-state index < -0.39 is 114 Å². The molecule has 23 heteroatoms. The summed E-state index contributed by atoms with van der Waals surface area (Å²) < 4.78 is 37.6. The molecule has 87 heavy (non-hydrogen) atoms. The Morgan fingerprint density at radius 3 is 1.49 bits per heavy atom. The van der Waals surface area contributed by atoms with Crippen LogP contribution in [-0.4, -0.2) is 194 Å². The van der Waals surface area contributed by atoms with Crippen LogP contribution >= 0.6 is 0 Å². The first-order valence-corrected chi connectivity index (χ1v) is 31.0. The zero-order valence-corrected chi connectivity index (χ0v) is 51.9. The normalized spacial score (nSPS) is 19.9. The highest BCUT2D eigenvalue weighted by Gasteiger charge is 2.31. The standard InChI is InChI=1S/C64H105N3O19S/c1-44(48(5)68)27-20-16-12-11-13-17-21-28-45(2)62(81)47(4)57(77)34-22-18-14-9-7-6-8-10-15-19-23-35-61(86-87(83,84)85)46(3)58(78)42-55(75)39-51(71)30-24-29-49(69)37-54(74)38-50(70)31-25-32-53(73)41-59(79)63(82)60(80)43-56(76)40-52(72)33-26-36-67-64(65)66/h6-12,14-16,18-25,27-28,30-31,34,45-47,49-63,69-82H,13,17,26,29,32-33,35-43H2,1-5H3,(H4,65,66,67)(H,83,84,85)/b8-6+,9-7+,12-11+,15-10+,18-14+,20-16+,23-19+,28-21+,30-24+,31-25+,34-22+,44-27+. The summed E-state index contributed by atoms with van der Waals surface area (Å²) in [5.74, 6) is -1.53. The lowest BCUT2D eigenvalue weighted by molar-refractivity contribution is -0.113. The van der Waals surface area contributed by atoms with Gasteiger partial charge in [0.15, 0.2) is 11.7 Å². The third-order valence-corrected chi connectivity index (χ3v) is 14.5. The summed E-state index contributed by atoms with van der Waals surface area (Å²) >= 11 is 0. The topological polar surface area (TPSA) is 428 Å². The van der Waals surface area contributed by atoms with Crippen LogP contribution in [0.15, 0.2) is 150 Å². The monoisotopic (exact) mass is 1250 g/mol. The maximum Gasteiger partial charge on any atom is 0.397 e. The van der Waals surface area contributed by atoms with E-state index in [4.69, 9.17) is 15.7 Å². The van der Waals surface area contributed by atoms with Gasteiger partial charge in [0.25, 0.3) is 0 Å². The number of unbranched alkanes of at least 4 members (excludes halogenated alkanes) is 1. The van der Waals surface area contributed by atoms with Crippen LogP contribution in [0.25, 0.3) is 0 Å². The molecule has 22 nitrogen and oxygen atoms in total. The van der Waals surface area contributed by atoms with Gasteiger partial charge < -0.3 is 83.0 Å². The molecule has 0 saturated carbocycles. The van der Waals surface area contributed by atoms with E-state index in [-0.39, 0.29) is 88.3 Å². The molecule has 0 aromatic heterocycles. The Bertz CT molecular complexity index is 2380. The van der Waals surface area contributed by atoms with Gasteiger partial charge >= 0.3 is 10.4 Å². The molecule has 0 aliphatic heterocycles. The predicted molar refractivity (Wildman–Crippen MR) is 338 cm³/mol.